The third-order valence-electron chi connectivity index (χ3n) is 3.44. The molecule has 0 bridgehead atoms. The molecule has 4 heteroatoms. The minimum Gasteiger partial charge on any atom is -0.340 e. The number of nitrogens with one attached hydrogen (secondary N) is 1. The first-order chi connectivity index (χ1) is 9.47. The molecule has 1 unspecified atom stereocenters. The van der Waals surface area contributed by atoms with E-state index >= 15 is 0 Å². The van der Waals surface area contributed by atoms with Crippen LogP contribution in [0.15, 0.2) is 42.5 Å². The summed E-state index contributed by atoms with van der Waals surface area (Å²) in [6.45, 7) is 5.80. The van der Waals surface area contributed by atoms with Crippen LogP contribution in [0.5, 0.6) is 0 Å². The number of hydrogen-bond donors (Lipinski definition) is 1. The van der Waals surface area contributed by atoms with Crippen molar-refractivity contribution in [3.05, 3.63) is 48.0 Å². The van der Waals surface area contributed by atoms with Gasteiger partial charge in [-0.3, -0.25) is 9.59 Å². The van der Waals surface area contributed by atoms with E-state index in [1.54, 1.807) is 18.7 Å². The summed E-state index contributed by atoms with van der Waals surface area (Å²) in [6, 6.07) is 8.83. The SMILES string of the molecule is C/C=C/CN1C(=O)C(C)(C)NC(=O)C1c1ccccc1. The van der Waals surface area contributed by atoms with Gasteiger partial charge in [0.05, 0.1) is 0 Å². The van der Waals surface area contributed by atoms with Crippen LogP contribution in [0.2, 0.25) is 0 Å². The molecular weight excluding hydrogens is 252 g/mol. The van der Waals surface area contributed by atoms with Crippen molar-refractivity contribution in [1.29, 1.82) is 0 Å². The minimum absolute atomic E-state index is 0.0657. The van der Waals surface area contributed by atoms with E-state index in [2.05, 4.69) is 5.32 Å². The lowest BCUT2D eigenvalue weighted by molar-refractivity contribution is -0.153. The third-order valence-corrected chi connectivity index (χ3v) is 3.44. The molecule has 106 valence electrons. The summed E-state index contributed by atoms with van der Waals surface area (Å²) in [5, 5.41) is 2.81. The highest BCUT2D eigenvalue weighted by molar-refractivity contribution is 5.99. The lowest BCUT2D eigenvalue weighted by atomic mass is 9.93. The summed E-state index contributed by atoms with van der Waals surface area (Å²) in [7, 11) is 0. The zero-order chi connectivity index (χ0) is 14.8. The van der Waals surface area contributed by atoms with Crippen molar-refractivity contribution in [3.8, 4) is 0 Å². The summed E-state index contributed by atoms with van der Waals surface area (Å²) >= 11 is 0. The monoisotopic (exact) mass is 272 g/mol. The van der Waals surface area contributed by atoms with Gasteiger partial charge in [-0.25, -0.2) is 0 Å². The van der Waals surface area contributed by atoms with Crippen molar-refractivity contribution >= 4 is 11.8 Å². The molecule has 0 saturated carbocycles. The van der Waals surface area contributed by atoms with E-state index in [1.165, 1.54) is 0 Å². The van der Waals surface area contributed by atoms with Crippen LogP contribution in [0.4, 0.5) is 0 Å². The fraction of sp³-hybridized carbons (Fsp3) is 0.375. The molecule has 1 saturated heterocycles. The molecule has 2 amide bonds. The first-order valence-electron chi connectivity index (χ1n) is 6.76. The molecule has 1 fully saturated rings. The van der Waals surface area contributed by atoms with Gasteiger partial charge in [0, 0.05) is 6.54 Å². The molecule has 1 atom stereocenters. The van der Waals surface area contributed by atoms with Crippen LogP contribution in [-0.2, 0) is 9.59 Å². The Morgan fingerprint density at radius 2 is 1.90 bits per heavy atom. The number of amides is 2. The van der Waals surface area contributed by atoms with Gasteiger partial charge in [-0.15, -0.1) is 0 Å². The first-order valence-corrected chi connectivity index (χ1v) is 6.76. The third kappa shape index (κ3) is 2.59. The number of allylic oxidation sites excluding steroid dienone is 1. The summed E-state index contributed by atoms with van der Waals surface area (Å²) < 4.78 is 0. The Balaban J connectivity index is 2.41. The van der Waals surface area contributed by atoms with E-state index in [1.807, 2.05) is 49.4 Å². The molecule has 0 aromatic heterocycles. The molecule has 1 aliphatic heterocycles. The maximum Gasteiger partial charge on any atom is 0.248 e. The lowest BCUT2D eigenvalue weighted by Crippen LogP contribution is -2.64. The zero-order valence-electron chi connectivity index (χ0n) is 12.1. The van der Waals surface area contributed by atoms with Gasteiger partial charge in [-0.1, -0.05) is 42.5 Å². The highest BCUT2D eigenvalue weighted by atomic mass is 16.2. The predicted molar refractivity (Wildman–Crippen MR) is 77.9 cm³/mol. The van der Waals surface area contributed by atoms with Crippen molar-refractivity contribution in [2.75, 3.05) is 6.54 Å². The molecule has 1 N–H and O–H groups in total. The van der Waals surface area contributed by atoms with Gasteiger partial charge >= 0.3 is 0 Å². The van der Waals surface area contributed by atoms with Crippen LogP contribution in [0.1, 0.15) is 32.4 Å². The number of hydrogen-bond acceptors (Lipinski definition) is 2. The fourth-order valence-corrected chi connectivity index (χ4v) is 2.42. The average Bonchev–Trinajstić information content (AvgIpc) is 2.41. The van der Waals surface area contributed by atoms with Gasteiger partial charge in [0.25, 0.3) is 0 Å². The van der Waals surface area contributed by atoms with Gasteiger partial charge in [-0.05, 0) is 26.3 Å². The highest BCUT2D eigenvalue weighted by Gasteiger charge is 2.45. The van der Waals surface area contributed by atoms with Gasteiger partial charge in [0.15, 0.2) is 0 Å². The number of carbonyl (C=O) groups is 2. The molecule has 20 heavy (non-hydrogen) atoms. The molecule has 0 aliphatic carbocycles. The molecular formula is C16H20N2O2. The Bertz CT molecular complexity index is 535. The van der Waals surface area contributed by atoms with E-state index in [4.69, 9.17) is 0 Å². The molecule has 0 spiro atoms. The second-order valence-electron chi connectivity index (χ2n) is 5.45. The van der Waals surface area contributed by atoms with Crippen LogP contribution < -0.4 is 5.32 Å². The number of piperazine rings is 1. The Morgan fingerprint density at radius 3 is 2.50 bits per heavy atom. The Labute approximate surface area is 119 Å². The largest absolute Gasteiger partial charge is 0.340 e. The molecule has 2 rings (SSSR count). The summed E-state index contributed by atoms with van der Waals surface area (Å²) in [5.41, 5.74) is -0.0254. The minimum atomic E-state index is -0.857. The lowest BCUT2D eigenvalue weighted by Gasteiger charge is -2.42. The van der Waals surface area contributed by atoms with E-state index < -0.39 is 11.6 Å². The Morgan fingerprint density at radius 1 is 1.25 bits per heavy atom. The predicted octanol–water partition coefficient (Wildman–Crippen LogP) is 2.04. The van der Waals surface area contributed by atoms with Crippen LogP contribution in [-0.4, -0.2) is 28.8 Å². The fourth-order valence-electron chi connectivity index (χ4n) is 2.42. The van der Waals surface area contributed by atoms with E-state index in [-0.39, 0.29) is 11.8 Å². The maximum atomic E-state index is 12.6. The van der Waals surface area contributed by atoms with Gasteiger partial charge in [-0.2, -0.15) is 0 Å². The van der Waals surface area contributed by atoms with Crippen molar-refractivity contribution in [3.63, 3.8) is 0 Å². The summed E-state index contributed by atoms with van der Waals surface area (Å²) in [4.78, 5) is 26.6. The van der Waals surface area contributed by atoms with Gasteiger partial charge in [0.1, 0.15) is 11.6 Å². The molecule has 1 aromatic carbocycles. The van der Waals surface area contributed by atoms with E-state index in [9.17, 15) is 9.59 Å². The van der Waals surface area contributed by atoms with Crippen LogP contribution in [0.25, 0.3) is 0 Å². The van der Waals surface area contributed by atoms with Crippen LogP contribution >= 0.6 is 0 Å². The molecule has 0 radical (unpaired) electrons. The number of nitrogens with zero attached hydrogens (tertiary/aromatic N) is 1. The quantitative estimate of drug-likeness (QED) is 0.856. The summed E-state index contributed by atoms with van der Waals surface area (Å²) in [6.07, 6.45) is 3.78. The van der Waals surface area contributed by atoms with Crippen LogP contribution in [0, 0.1) is 0 Å². The van der Waals surface area contributed by atoms with E-state index in [0.29, 0.717) is 6.54 Å². The normalized spacial score (nSPS) is 22.1. The van der Waals surface area contributed by atoms with Crippen molar-refractivity contribution < 1.29 is 9.59 Å². The van der Waals surface area contributed by atoms with Crippen molar-refractivity contribution in [2.24, 2.45) is 0 Å². The van der Waals surface area contributed by atoms with Gasteiger partial charge < -0.3 is 10.2 Å². The number of rotatable bonds is 3. The second-order valence-corrected chi connectivity index (χ2v) is 5.45. The van der Waals surface area contributed by atoms with Crippen molar-refractivity contribution in [1.82, 2.24) is 10.2 Å². The standard InChI is InChI=1S/C16H20N2O2/c1-4-5-11-18-13(12-9-7-6-8-10-12)14(19)17-16(2,3)15(18)20/h4-10,13H,11H2,1-3H3,(H,17,19)/b5-4+. The second kappa shape index (κ2) is 5.49. The zero-order valence-corrected chi connectivity index (χ0v) is 12.1. The Hall–Kier alpha value is -2.10. The molecule has 4 nitrogen and oxygen atoms in total. The first kappa shape index (κ1) is 14.3. The van der Waals surface area contributed by atoms with Crippen LogP contribution in [0.3, 0.4) is 0 Å². The molecule has 1 heterocycles. The van der Waals surface area contributed by atoms with Crippen molar-refractivity contribution in [2.45, 2.75) is 32.4 Å². The van der Waals surface area contributed by atoms with Gasteiger partial charge in [0.2, 0.25) is 11.8 Å². The maximum absolute atomic E-state index is 12.6. The number of carbonyl (C=O) groups excluding carboxylic acids is 2. The Kier molecular flexibility index (Phi) is 3.93. The molecule has 1 aliphatic rings. The smallest absolute Gasteiger partial charge is 0.248 e. The number of benzene rings is 1. The van der Waals surface area contributed by atoms with E-state index in [0.717, 1.165) is 5.56 Å². The summed E-state index contributed by atoms with van der Waals surface area (Å²) in [5.74, 6) is -0.200. The molecule has 1 aromatic rings. The average molecular weight is 272 g/mol. The highest BCUT2D eigenvalue weighted by Crippen LogP contribution is 2.28. The topological polar surface area (TPSA) is 49.4 Å².